The number of morpholine rings is 1. The number of fused-ring (bicyclic) bond motifs is 1. The minimum atomic E-state index is -0.409. The minimum absolute atomic E-state index is 0.0141. The van der Waals surface area contributed by atoms with Gasteiger partial charge >= 0.3 is 6.03 Å². The summed E-state index contributed by atoms with van der Waals surface area (Å²) in [6.07, 6.45) is 0.555. The van der Waals surface area contributed by atoms with Gasteiger partial charge in [0.1, 0.15) is 24.3 Å². The van der Waals surface area contributed by atoms with Crippen molar-refractivity contribution in [3.63, 3.8) is 0 Å². The highest BCUT2D eigenvalue weighted by Gasteiger charge is 2.41. The van der Waals surface area contributed by atoms with Crippen molar-refractivity contribution in [3.05, 3.63) is 29.0 Å². The highest BCUT2D eigenvalue weighted by molar-refractivity contribution is 6.32. The molecule has 3 heterocycles. The Kier molecular flexibility index (Phi) is 5.33. The number of ether oxygens (including phenoxy) is 2. The number of nitrogens with one attached hydrogen (secondary N) is 1. The van der Waals surface area contributed by atoms with Crippen LogP contribution in [0.5, 0.6) is 5.75 Å². The number of amides is 3. The van der Waals surface area contributed by atoms with Crippen LogP contribution in [0.15, 0.2) is 18.2 Å². The van der Waals surface area contributed by atoms with Gasteiger partial charge in [0.15, 0.2) is 0 Å². The molecular formula is C19H23ClFN3O4. The number of carbonyl (C=O) groups is 2. The normalized spacial score (nSPS) is 26.2. The Morgan fingerprint density at radius 2 is 2.14 bits per heavy atom. The molecule has 1 N–H and O–H groups in total. The first-order chi connectivity index (χ1) is 13.4. The largest absolute Gasteiger partial charge is 0.489 e. The number of hydrogen-bond donors (Lipinski definition) is 1. The molecule has 3 unspecified atom stereocenters. The molecule has 3 saturated heterocycles. The maximum Gasteiger partial charge on any atom is 0.320 e. The number of halogens is 2. The second-order valence-electron chi connectivity index (χ2n) is 7.60. The van der Waals surface area contributed by atoms with E-state index in [9.17, 15) is 14.0 Å². The van der Waals surface area contributed by atoms with Gasteiger partial charge in [0.25, 0.3) is 0 Å². The molecule has 1 aromatic carbocycles. The summed E-state index contributed by atoms with van der Waals surface area (Å²) in [6, 6.07) is 3.88. The van der Waals surface area contributed by atoms with Gasteiger partial charge in [-0.15, -0.1) is 0 Å². The van der Waals surface area contributed by atoms with E-state index in [4.69, 9.17) is 21.1 Å². The number of likely N-dealkylation sites (tertiary alicyclic amines) is 2. The van der Waals surface area contributed by atoms with E-state index in [1.807, 2.05) is 6.92 Å². The van der Waals surface area contributed by atoms with E-state index in [0.29, 0.717) is 31.9 Å². The summed E-state index contributed by atoms with van der Waals surface area (Å²) in [4.78, 5) is 27.8. The Morgan fingerprint density at radius 1 is 1.36 bits per heavy atom. The lowest BCUT2D eigenvalue weighted by molar-refractivity contribution is -0.139. The first-order valence-corrected chi connectivity index (χ1v) is 9.85. The maximum absolute atomic E-state index is 13.1. The van der Waals surface area contributed by atoms with Crippen molar-refractivity contribution in [2.75, 3.05) is 32.8 Å². The standard InChI is InChI=1S/C19H23ClFN3O4/c1-11(28-16-3-2-13(21)6-14(16)20)12-7-24(8-12)19(26)23-5-4-17-15(9-23)22-18(25)10-27-17/h2-3,6,11-12,15,17H,4-5,7-10H2,1H3,(H,22,25). The summed E-state index contributed by atoms with van der Waals surface area (Å²) in [5, 5.41) is 3.14. The van der Waals surface area contributed by atoms with Crippen molar-refractivity contribution in [1.29, 1.82) is 0 Å². The average molecular weight is 412 g/mol. The van der Waals surface area contributed by atoms with Gasteiger partial charge < -0.3 is 24.6 Å². The van der Waals surface area contributed by atoms with E-state index in [1.54, 1.807) is 9.80 Å². The van der Waals surface area contributed by atoms with Gasteiger partial charge in [0, 0.05) is 32.1 Å². The first-order valence-electron chi connectivity index (χ1n) is 9.47. The quantitative estimate of drug-likeness (QED) is 0.824. The van der Waals surface area contributed by atoms with Crippen molar-refractivity contribution in [2.24, 2.45) is 5.92 Å². The second kappa shape index (κ2) is 7.75. The predicted octanol–water partition coefficient (Wildman–Crippen LogP) is 1.89. The SMILES string of the molecule is CC(Oc1ccc(F)cc1Cl)C1CN(C(=O)N2CCC3OCC(=O)NC3C2)C1. The summed E-state index contributed by atoms with van der Waals surface area (Å²) < 4.78 is 24.5. The van der Waals surface area contributed by atoms with Crippen LogP contribution in [0, 0.1) is 11.7 Å². The smallest absolute Gasteiger partial charge is 0.320 e. The molecule has 0 spiro atoms. The van der Waals surface area contributed by atoms with Gasteiger partial charge in [0.2, 0.25) is 5.91 Å². The zero-order chi connectivity index (χ0) is 19.8. The lowest BCUT2D eigenvalue weighted by Crippen LogP contribution is -2.64. The number of nitrogens with zero attached hydrogens (tertiary/aromatic N) is 2. The molecule has 0 radical (unpaired) electrons. The van der Waals surface area contributed by atoms with Crippen LogP contribution in [0.1, 0.15) is 13.3 Å². The summed E-state index contributed by atoms with van der Waals surface area (Å²) in [5.41, 5.74) is 0. The highest BCUT2D eigenvalue weighted by Crippen LogP contribution is 2.30. The van der Waals surface area contributed by atoms with Gasteiger partial charge in [-0.05, 0) is 31.5 Å². The Hall–Kier alpha value is -2.06. The summed E-state index contributed by atoms with van der Waals surface area (Å²) in [7, 11) is 0. The van der Waals surface area contributed by atoms with Crippen LogP contribution in [0.3, 0.4) is 0 Å². The predicted molar refractivity (Wildman–Crippen MR) is 99.8 cm³/mol. The molecule has 7 nitrogen and oxygen atoms in total. The number of hydrogen-bond acceptors (Lipinski definition) is 4. The van der Waals surface area contributed by atoms with Crippen molar-refractivity contribution in [1.82, 2.24) is 15.1 Å². The third-order valence-corrected chi connectivity index (χ3v) is 5.94. The molecule has 3 aliphatic heterocycles. The monoisotopic (exact) mass is 411 g/mol. The molecule has 3 amide bonds. The fourth-order valence-electron chi connectivity index (χ4n) is 3.91. The third kappa shape index (κ3) is 3.89. The van der Waals surface area contributed by atoms with Gasteiger partial charge in [-0.3, -0.25) is 4.79 Å². The summed E-state index contributed by atoms with van der Waals surface area (Å²) >= 11 is 6.01. The Morgan fingerprint density at radius 3 is 2.89 bits per heavy atom. The maximum atomic E-state index is 13.1. The van der Waals surface area contributed by atoms with Gasteiger partial charge in [0.05, 0.1) is 17.2 Å². The molecule has 3 atom stereocenters. The highest BCUT2D eigenvalue weighted by atomic mass is 35.5. The van der Waals surface area contributed by atoms with Crippen LogP contribution < -0.4 is 10.1 Å². The Bertz CT molecular complexity index is 774. The van der Waals surface area contributed by atoms with E-state index < -0.39 is 5.82 Å². The fourth-order valence-corrected chi connectivity index (χ4v) is 4.12. The number of carbonyl (C=O) groups excluding carboxylic acids is 2. The molecular weight excluding hydrogens is 389 g/mol. The molecule has 3 aliphatic rings. The van der Waals surface area contributed by atoms with Crippen LogP contribution in [-0.2, 0) is 9.53 Å². The minimum Gasteiger partial charge on any atom is -0.489 e. The van der Waals surface area contributed by atoms with Crippen LogP contribution in [0.4, 0.5) is 9.18 Å². The molecule has 1 aromatic rings. The number of urea groups is 1. The van der Waals surface area contributed by atoms with Crippen LogP contribution in [-0.4, -0.2) is 72.8 Å². The topological polar surface area (TPSA) is 71.1 Å². The van der Waals surface area contributed by atoms with Crippen LogP contribution >= 0.6 is 11.6 Å². The van der Waals surface area contributed by atoms with E-state index >= 15 is 0 Å². The van der Waals surface area contributed by atoms with Gasteiger partial charge in [-0.25, -0.2) is 9.18 Å². The molecule has 3 fully saturated rings. The Labute approximate surface area is 167 Å². The molecule has 4 rings (SSSR count). The molecule has 0 aromatic heterocycles. The van der Waals surface area contributed by atoms with E-state index in [1.165, 1.54) is 18.2 Å². The van der Waals surface area contributed by atoms with E-state index in [-0.39, 0.29) is 47.7 Å². The summed E-state index contributed by atoms with van der Waals surface area (Å²) in [5.74, 6) is 0.0783. The van der Waals surface area contributed by atoms with Crippen LogP contribution in [0.25, 0.3) is 0 Å². The fraction of sp³-hybridized carbons (Fsp3) is 0.579. The third-order valence-electron chi connectivity index (χ3n) is 5.65. The first kappa shape index (κ1) is 19.3. The zero-order valence-electron chi connectivity index (χ0n) is 15.6. The number of benzene rings is 1. The molecule has 152 valence electrons. The Balaban J connectivity index is 1.27. The van der Waals surface area contributed by atoms with Crippen molar-refractivity contribution >= 4 is 23.5 Å². The second-order valence-corrected chi connectivity index (χ2v) is 8.01. The average Bonchev–Trinajstić information content (AvgIpc) is 2.62. The van der Waals surface area contributed by atoms with Gasteiger partial charge in [-0.2, -0.15) is 0 Å². The van der Waals surface area contributed by atoms with Crippen molar-refractivity contribution in [3.8, 4) is 5.75 Å². The molecule has 0 aliphatic carbocycles. The zero-order valence-corrected chi connectivity index (χ0v) is 16.3. The molecule has 0 bridgehead atoms. The van der Waals surface area contributed by atoms with Gasteiger partial charge in [-0.1, -0.05) is 11.6 Å². The lowest BCUT2D eigenvalue weighted by Gasteiger charge is -2.47. The molecule has 28 heavy (non-hydrogen) atoms. The molecule has 9 heteroatoms. The number of rotatable bonds is 3. The van der Waals surface area contributed by atoms with Crippen LogP contribution in [0.2, 0.25) is 5.02 Å². The molecule has 0 saturated carbocycles. The summed E-state index contributed by atoms with van der Waals surface area (Å²) in [6.45, 7) is 4.28. The van der Waals surface area contributed by atoms with E-state index in [0.717, 1.165) is 6.42 Å². The van der Waals surface area contributed by atoms with E-state index in [2.05, 4.69) is 5.32 Å². The lowest BCUT2D eigenvalue weighted by atomic mass is 9.94. The van der Waals surface area contributed by atoms with Crippen molar-refractivity contribution in [2.45, 2.75) is 31.6 Å². The van der Waals surface area contributed by atoms with Crippen molar-refractivity contribution < 1.29 is 23.5 Å². The number of piperidine rings is 1.